The Morgan fingerprint density at radius 2 is 1.54 bits per heavy atom. The predicted octanol–water partition coefficient (Wildman–Crippen LogP) is 4.24. The minimum Gasteiger partial charge on any atom is -0.388 e. The fourth-order valence-corrected chi connectivity index (χ4v) is 2.05. The van der Waals surface area contributed by atoms with E-state index in [4.69, 9.17) is 10.00 Å². The molecule has 0 fully saturated rings. The van der Waals surface area contributed by atoms with Gasteiger partial charge in [0, 0.05) is 23.6 Å². The van der Waals surface area contributed by atoms with Crippen molar-refractivity contribution >= 4 is 35.6 Å². The van der Waals surface area contributed by atoms with Crippen LogP contribution in [0.5, 0.6) is 5.75 Å². The molecule has 0 aromatic heterocycles. The normalized spacial score (nSPS) is 10.5. The molecule has 0 spiro atoms. The third-order valence-corrected chi connectivity index (χ3v) is 3.35. The van der Waals surface area contributed by atoms with E-state index >= 15 is 0 Å². The first kappa shape index (κ1) is 16.8. The van der Waals surface area contributed by atoms with E-state index in [2.05, 4.69) is 15.0 Å². The summed E-state index contributed by atoms with van der Waals surface area (Å²) in [5, 5.41) is 8.60. The van der Waals surface area contributed by atoms with Crippen LogP contribution in [0.3, 0.4) is 0 Å². The van der Waals surface area contributed by atoms with Crippen LogP contribution in [-0.2, 0) is 4.79 Å². The first-order valence-electron chi connectivity index (χ1n) is 7.07. The van der Waals surface area contributed by atoms with Crippen LogP contribution in [0.15, 0.2) is 51.4 Å². The zero-order valence-electron chi connectivity index (χ0n) is 13.2. The minimum absolute atomic E-state index is 0.472. The average Bonchev–Trinajstić information content (AvgIpc) is 2.58. The quantitative estimate of drug-likeness (QED) is 0.469. The summed E-state index contributed by atoms with van der Waals surface area (Å²) in [5.41, 5.74) is 3.46. The Kier molecular flexibility index (Phi) is 5.73. The second kappa shape index (κ2) is 8.18. The molecule has 24 heavy (non-hydrogen) atoms. The number of ether oxygens (including phenoxy) is 1. The molecule has 0 saturated heterocycles. The molecule has 0 aliphatic rings. The molecule has 2 aromatic carbocycles. The smallest absolute Gasteiger partial charge is 0.292 e. The summed E-state index contributed by atoms with van der Waals surface area (Å²) in [6.07, 6.45) is 6.27. The van der Waals surface area contributed by atoms with E-state index < -0.39 is 0 Å². The maximum absolute atomic E-state index is 10.4. The molecule has 2 rings (SSSR count). The van der Waals surface area contributed by atoms with E-state index in [1.54, 1.807) is 42.9 Å². The van der Waals surface area contributed by atoms with Crippen molar-refractivity contribution < 1.29 is 9.53 Å². The van der Waals surface area contributed by atoms with Gasteiger partial charge in [0.05, 0.1) is 17.1 Å². The lowest BCUT2D eigenvalue weighted by atomic mass is 10.1. The third-order valence-electron chi connectivity index (χ3n) is 3.35. The molecule has 6 heteroatoms. The summed E-state index contributed by atoms with van der Waals surface area (Å²) in [6, 6.07) is 10.6. The van der Waals surface area contributed by atoms with Gasteiger partial charge >= 0.3 is 0 Å². The predicted molar refractivity (Wildman–Crippen MR) is 92.7 cm³/mol. The lowest BCUT2D eigenvalue weighted by Gasteiger charge is -2.03. The fraction of sp³-hybridized carbons (Fsp3) is 0.111. The number of nitrogens with zero attached hydrogens (tertiary/aromatic N) is 4. The van der Waals surface area contributed by atoms with Crippen molar-refractivity contribution in [3.05, 3.63) is 47.5 Å². The van der Waals surface area contributed by atoms with Crippen molar-refractivity contribution in [3.8, 4) is 12.0 Å². The van der Waals surface area contributed by atoms with Gasteiger partial charge in [-0.05, 0) is 38.1 Å². The van der Waals surface area contributed by atoms with Gasteiger partial charge in [0.25, 0.3) is 6.26 Å². The summed E-state index contributed by atoms with van der Waals surface area (Å²) in [5.74, 6) is 0.472. The summed E-state index contributed by atoms with van der Waals surface area (Å²) in [6.45, 7) is 3.65. The molecule has 0 aliphatic carbocycles. The van der Waals surface area contributed by atoms with Gasteiger partial charge in [-0.25, -0.2) is 4.79 Å². The van der Waals surface area contributed by atoms with Crippen LogP contribution in [0, 0.1) is 25.4 Å². The molecule has 0 amide bonds. The van der Waals surface area contributed by atoms with E-state index in [0.717, 1.165) is 11.1 Å². The number of aliphatic imine (C=N–C) groups is 3. The highest BCUT2D eigenvalue weighted by molar-refractivity contribution is 6.17. The summed E-state index contributed by atoms with van der Waals surface area (Å²) in [4.78, 5) is 22.6. The Morgan fingerprint density at radius 1 is 0.958 bits per heavy atom. The van der Waals surface area contributed by atoms with Crippen LogP contribution in [0.25, 0.3) is 0 Å². The molecule has 0 unspecified atom stereocenters. The van der Waals surface area contributed by atoms with Crippen molar-refractivity contribution in [1.82, 2.24) is 0 Å². The van der Waals surface area contributed by atoms with E-state index in [-0.39, 0.29) is 0 Å². The number of benzene rings is 2. The second-order valence-electron chi connectivity index (χ2n) is 4.77. The lowest BCUT2D eigenvalue weighted by Crippen LogP contribution is -1.86. The van der Waals surface area contributed by atoms with Crippen LogP contribution in [0.4, 0.5) is 17.1 Å². The molecule has 0 N–H and O–H groups in total. The molecule has 0 heterocycles. The maximum Gasteiger partial charge on any atom is 0.292 e. The second-order valence-corrected chi connectivity index (χ2v) is 4.77. The van der Waals surface area contributed by atoms with Crippen molar-refractivity contribution in [3.63, 3.8) is 0 Å². The SMILES string of the molecule is Cc1c(N=C=O)cccc1N=CC=Nc1cccc(OC#N)c1C. The minimum atomic E-state index is 0.472. The number of rotatable bonds is 5. The Labute approximate surface area is 139 Å². The van der Waals surface area contributed by atoms with Crippen molar-refractivity contribution in [1.29, 1.82) is 5.26 Å². The van der Waals surface area contributed by atoms with Gasteiger partial charge in [-0.3, -0.25) is 9.98 Å². The maximum atomic E-state index is 10.4. The van der Waals surface area contributed by atoms with Gasteiger partial charge in [-0.1, -0.05) is 12.1 Å². The average molecular weight is 318 g/mol. The van der Waals surface area contributed by atoms with E-state index in [1.165, 1.54) is 6.08 Å². The van der Waals surface area contributed by atoms with Crippen LogP contribution in [0.1, 0.15) is 11.1 Å². The zero-order chi connectivity index (χ0) is 17.4. The number of carbonyl (C=O) groups excluding carboxylic acids is 1. The molecule has 0 aliphatic heterocycles. The highest BCUT2D eigenvalue weighted by Crippen LogP contribution is 2.28. The molecule has 0 radical (unpaired) electrons. The number of nitriles is 1. The van der Waals surface area contributed by atoms with E-state index in [9.17, 15) is 4.79 Å². The van der Waals surface area contributed by atoms with Gasteiger partial charge in [0.1, 0.15) is 5.75 Å². The van der Waals surface area contributed by atoms with Crippen LogP contribution < -0.4 is 4.74 Å². The van der Waals surface area contributed by atoms with E-state index in [1.807, 2.05) is 26.0 Å². The Hall–Kier alpha value is -3.55. The molecule has 0 atom stereocenters. The first-order chi connectivity index (χ1) is 11.7. The highest BCUT2D eigenvalue weighted by atomic mass is 16.5. The molecule has 2 aromatic rings. The standard InChI is InChI=1S/C18H14N4O2/c1-13-15(5-3-6-16(13)22-12-23)20-9-10-21-17-7-4-8-18(14(17)2)24-11-19/h3-10H,1-2H3. The Bertz CT molecular complexity index is 888. The molecule has 0 saturated carbocycles. The Balaban J connectivity index is 2.20. The highest BCUT2D eigenvalue weighted by Gasteiger charge is 2.03. The number of hydrogen-bond donors (Lipinski definition) is 0. The molecular formula is C18H14N4O2. The summed E-state index contributed by atoms with van der Waals surface area (Å²) in [7, 11) is 0. The zero-order valence-corrected chi connectivity index (χ0v) is 13.2. The van der Waals surface area contributed by atoms with Gasteiger partial charge in [-0.15, -0.1) is 5.26 Å². The molecule has 6 nitrogen and oxygen atoms in total. The Morgan fingerprint density at radius 3 is 2.17 bits per heavy atom. The fourth-order valence-electron chi connectivity index (χ4n) is 2.05. The molecular weight excluding hydrogens is 304 g/mol. The van der Waals surface area contributed by atoms with Gasteiger partial charge < -0.3 is 4.74 Å². The van der Waals surface area contributed by atoms with Crippen molar-refractivity contribution in [2.24, 2.45) is 15.0 Å². The number of isocyanates is 1. The van der Waals surface area contributed by atoms with Gasteiger partial charge in [-0.2, -0.15) is 4.99 Å². The molecule has 0 bridgehead atoms. The molecule has 118 valence electrons. The lowest BCUT2D eigenvalue weighted by molar-refractivity contribution is 0.503. The number of hydrogen-bond acceptors (Lipinski definition) is 6. The monoisotopic (exact) mass is 318 g/mol. The third kappa shape index (κ3) is 4.01. The van der Waals surface area contributed by atoms with Gasteiger partial charge in [0.2, 0.25) is 6.08 Å². The first-order valence-corrected chi connectivity index (χ1v) is 7.07. The van der Waals surface area contributed by atoms with Crippen LogP contribution in [0.2, 0.25) is 0 Å². The topological polar surface area (TPSA) is 87.2 Å². The summed E-state index contributed by atoms with van der Waals surface area (Å²) >= 11 is 0. The van der Waals surface area contributed by atoms with Crippen LogP contribution >= 0.6 is 0 Å². The van der Waals surface area contributed by atoms with Crippen molar-refractivity contribution in [2.75, 3.05) is 0 Å². The van der Waals surface area contributed by atoms with Crippen molar-refractivity contribution in [2.45, 2.75) is 13.8 Å². The van der Waals surface area contributed by atoms with Crippen LogP contribution in [-0.4, -0.2) is 18.5 Å². The largest absolute Gasteiger partial charge is 0.388 e. The van der Waals surface area contributed by atoms with Gasteiger partial charge in [0.15, 0.2) is 0 Å². The summed E-state index contributed by atoms with van der Waals surface area (Å²) < 4.78 is 4.86. The van der Waals surface area contributed by atoms with E-state index in [0.29, 0.717) is 22.8 Å².